The van der Waals surface area contributed by atoms with Crippen molar-refractivity contribution in [2.75, 3.05) is 11.4 Å². The van der Waals surface area contributed by atoms with Crippen LogP contribution in [-0.2, 0) is 6.54 Å². The molecule has 8 rings (SSSR count). The molecule has 2 aromatic heterocycles. The van der Waals surface area contributed by atoms with Crippen LogP contribution in [0.3, 0.4) is 0 Å². The molecule has 248 valence electrons. The Morgan fingerprint density at radius 1 is 0.880 bits per heavy atom. The number of benzene rings is 4. The first-order valence-corrected chi connectivity index (χ1v) is 19.6. The Kier molecular flexibility index (Phi) is 8.43. The molecule has 3 heterocycles. The molecule has 0 saturated heterocycles. The van der Waals surface area contributed by atoms with Crippen molar-refractivity contribution >= 4 is 90.1 Å². The third kappa shape index (κ3) is 5.76. The largest absolute Gasteiger partial charge is 0.335 e. The van der Waals surface area contributed by atoms with Crippen molar-refractivity contribution in [3.63, 3.8) is 0 Å². The fourth-order valence-electron chi connectivity index (χ4n) is 7.40. The van der Waals surface area contributed by atoms with E-state index >= 15 is 0 Å². The number of allylic oxidation sites excluding steroid dienone is 4. The maximum Gasteiger partial charge on any atom is 0.278 e. The van der Waals surface area contributed by atoms with Gasteiger partial charge in [-0.15, -0.1) is 11.3 Å². The molecule has 50 heavy (non-hydrogen) atoms. The minimum atomic E-state index is 0.0627. The van der Waals surface area contributed by atoms with E-state index in [4.69, 9.17) is 6.42 Å². The summed E-state index contributed by atoms with van der Waals surface area (Å²) >= 11 is 5.11. The normalized spacial score (nSPS) is 18.1. The highest BCUT2D eigenvalue weighted by atomic mass is 32.2. The highest BCUT2D eigenvalue weighted by molar-refractivity contribution is 8.04. The Balaban J connectivity index is 1.18. The van der Waals surface area contributed by atoms with Gasteiger partial charge in [0.05, 0.1) is 19.9 Å². The third-order valence-electron chi connectivity index (χ3n) is 9.58. The molecule has 0 saturated carbocycles. The summed E-state index contributed by atoms with van der Waals surface area (Å²) in [6.45, 7) is 10.4. The van der Waals surface area contributed by atoms with E-state index in [-0.39, 0.29) is 11.0 Å². The zero-order valence-electron chi connectivity index (χ0n) is 28.7. The van der Waals surface area contributed by atoms with Gasteiger partial charge in [-0.2, -0.15) is 0 Å². The van der Waals surface area contributed by atoms with Crippen molar-refractivity contribution in [3.05, 3.63) is 126 Å². The topological polar surface area (TPSA) is 29.1 Å². The van der Waals surface area contributed by atoms with Crippen LogP contribution in [0.15, 0.2) is 111 Å². The van der Waals surface area contributed by atoms with Gasteiger partial charge in [0, 0.05) is 35.5 Å². The number of aromatic nitrogens is 2. The molecule has 6 aromatic rings. The molecule has 0 bridgehead atoms. The van der Waals surface area contributed by atoms with Gasteiger partial charge in [0.15, 0.2) is 0 Å². The van der Waals surface area contributed by atoms with E-state index in [2.05, 4.69) is 136 Å². The third-order valence-corrected chi connectivity index (χ3v) is 13.0. The van der Waals surface area contributed by atoms with Crippen molar-refractivity contribution < 1.29 is 4.57 Å². The highest BCUT2D eigenvalue weighted by Gasteiger charge is 2.28. The Morgan fingerprint density at radius 3 is 2.38 bits per heavy atom. The van der Waals surface area contributed by atoms with E-state index in [9.17, 15) is 4.79 Å². The van der Waals surface area contributed by atoms with Crippen LogP contribution in [0, 0.1) is 17.9 Å². The molecule has 4 nitrogen and oxygen atoms in total. The number of terminal acetylenes is 1. The van der Waals surface area contributed by atoms with E-state index in [1.807, 2.05) is 15.2 Å². The second-order valence-corrected chi connectivity index (χ2v) is 16.8. The number of hydrogen-bond donors (Lipinski definition) is 0. The van der Waals surface area contributed by atoms with Gasteiger partial charge in [0.25, 0.3) is 10.6 Å². The molecule has 0 amide bonds. The van der Waals surface area contributed by atoms with Crippen molar-refractivity contribution in [2.24, 2.45) is 5.41 Å². The predicted molar refractivity (Wildman–Crippen MR) is 216 cm³/mol. The first-order valence-electron chi connectivity index (χ1n) is 17.1. The summed E-state index contributed by atoms with van der Waals surface area (Å²) < 4.78 is 6.83. The zero-order chi connectivity index (χ0) is 34.6. The lowest BCUT2D eigenvalue weighted by molar-refractivity contribution is -0.551. The van der Waals surface area contributed by atoms with Crippen molar-refractivity contribution in [2.45, 2.75) is 52.0 Å². The van der Waals surface area contributed by atoms with Crippen LogP contribution < -0.4 is 24.2 Å². The molecule has 0 atom stereocenters. The number of hydrogen-bond acceptors (Lipinski definition) is 5. The van der Waals surface area contributed by atoms with Gasteiger partial charge in [0.1, 0.15) is 4.70 Å². The first-order chi connectivity index (χ1) is 24.3. The summed E-state index contributed by atoms with van der Waals surface area (Å²) in [5.74, 6) is 0. The van der Waals surface area contributed by atoms with Crippen LogP contribution in [0.4, 0.5) is 5.69 Å². The lowest BCUT2D eigenvalue weighted by Crippen LogP contribution is -2.31. The minimum absolute atomic E-state index is 0.0627. The van der Waals surface area contributed by atoms with E-state index in [1.165, 1.54) is 48.0 Å². The van der Waals surface area contributed by atoms with Crippen molar-refractivity contribution in [1.82, 2.24) is 4.57 Å². The van der Waals surface area contributed by atoms with Crippen LogP contribution in [-0.4, -0.2) is 11.1 Å². The van der Waals surface area contributed by atoms with E-state index in [0.717, 1.165) is 44.1 Å². The summed E-state index contributed by atoms with van der Waals surface area (Å²) in [5, 5.41) is 7.15. The smallest absolute Gasteiger partial charge is 0.278 e. The number of thiazole rings is 2. The van der Waals surface area contributed by atoms with Crippen LogP contribution >= 0.6 is 34.4 Å². The summed E-state index contributed by atoms with van der Waals surface area (Å²) in [6, 6.07) is 28.7. The molecule has 0 spiro atoms. The summed E-state index contributed by atoms with van der Waals surface area (Å²) in [4.78, 5) is 17.3. The van der Waals surface area contributed by atoms with E-state index < -0.39 is 0 Å². The maximum absolute atomic E-state index is 13.7. The first kappa shape index (κ1) is 32.6. The van der Waals surface area contributed by atoms with Crippen molar-refractivity contribution in [3.8, 4) is 12.5 Å². The molecule has 0 fully saturated rings. The van der Waals surface area contributed by atoms with Gasteiger partial charge in [0.2, 0.25) is 11.6 Å². The second kappa shape index (κ2) is 12.9. The molecule has 7 heteroatoms. The Bertz CT molecular complexity index is 2680. The van der Waals surface area contributed by atoms with Gasteiger partial charge in [-0.25, -0.2) is 0 Å². The molecule has 0 unspecified atom stereocenters. The highest BCUT2D eigenvalue weighted by Crippen LogP contribution is 2.49. The lowest BCUT2D eigenvalue weighted by Gasteiger charge is -2.30. The number of nitrogens with zero attached hydrogens (tertiary/aromatic N) is 3. The van der Waals surface area contributed by atoms with E-state index in [0.29, 0.717) is 6.54 Å². The molecule has 0 radical (unpaired) electrons. The van der Waals surface area contributed by atoms with Gasteiger partial charge in [-0.3, -0.25) is 9.36 Å². The Labute approximate surface area is 304 Å². The monoisotopic (exact) mass is 708 g/mol. The number of anilines is 1. The summed E-state index contributed by atoms with van der Waals surface area (Å²) in [5.41, 5.74) is 4.89. The van der Waals surface area contributed by atoms with Gasteiger partial charge >= 0.3 is 0 Å². The van der Waals surface area contributed by atoms with Gasteiger partial charge < -0.3 is 4.90 Å². The standard InChI is InChI=1S/C43H38N3OS3/c1-6-44-34-19-17-30-13-9-11-15-32(30)40(34)49-37(44)22-21-36-42(47)46(8-3)39(48-36)25-29-23-28(26-43(4,5)27-29)24-38-45(7-2)35-20-18-31-14-10-12-16-33(31)41(35)50-38/h2,9-25H,6,8,26-27H2,1,3-5H3/q+1. The summed E-state index contributed by atoms with van der Waals surface area (Å²) in [7, 11) is 0. The average Bonchev–Trinajstić information content (AvgIpc) is 3.76. The van der Waals surface area contributed by atoms with Crippen LogP contribution in [0.5, 0.6) is 0 Å². The molecule has 2 aliphatic rings. The predicted octanol–water partition coefficient (Wildman–Crippen LogP) is 9.04. The van der Waals surface area contributed by atoms with Gasteiger partial charge in [-0.1, -0.05) is 102 Å². The molecule has 1 aliphatic carbocycles. The number of rotatable bonds is 5. The Morgan fingerprint density at radius 2 is 1.62 bits per heavy atom. The molecular formula is C43H38N3OS3+. The number of thioether (sulfide) groups is 1. The molecule has 1 aliphatic heterocycles. The van der Waals surface area contributed by atoms with Crippen molar-refractivity contribution in [1.29, 1.82) is 0 Å². The minimum Gasteiger partial charge on any atom is -0.335 e. The van der Waals surface area contributed by atoms with Crippen LogP contribution in [0.25, 0.3) is 50.0 Å². The fraction of sp³-hybridized carbons (Fsp3) is 0.209. The molecule has 0 N–H and O–H groups in total. The maximum atomic E-state index is 13.7. The summed E-state index contributed by atoms with van der Waals surface area (Å²) in [6.07, 6.45) is 18.9. The van der Waals surface area contributed by atoms with Crippen LogP contribution in [0.1, 0.15) is 45.5 Å². The van der Waals surface area contributed by atoms with Gasteiger partial charge in [-0.05, 0) is 96.2 Å². The Hall–Kier alpha value is -4.61. The molecular weight excluding hydrogens is 671 g/mol. The second-order valence-electron chi connectivity index (χ2n) is 13.6. The SMILES string of the molecule is C#C[n+]1c(C=C2C=C(C=c3sc(=CC=C4Sc5c(ccc6ccccc56)N4CC)c(=O)n3CC)CC(C)(C)C2)sc2c3ccccc3ccc21. The lowest BCUT2D eigenvalue weighted by atomic mass is 9.75. The fourth-order valence-corrected chi connectivity index (χ4v) is 11.0. The number of fused-ring (bicyclic) bond motifs is 6. The van der Waals surface area contributed by atoms with Crippen LogP contribution in [0.2, 0.25) is 0 Å². The quantitative estimate of drug-likeness (QED) is 0.132. The average molecular weight is 709 g/mol. The zero-order valence-corrected chi connectivity index (χ0v) is 31.1. The van der Waals surface area contributed by atoms with E-state index in [1.54, 1.807) is 34.4 Å². The molecule has 4 aromatic carbocycles.